The van der Waals surface area contributed by atoms with Crippen molar-refractivity contribution in [2.24, 2.45) is 11.3 Å². The molecule has 0 radical (unpaired) electrons. The van der Waals surface area contributed by atoms with Crippen LogP contribution in [0.15, 0.2) is 0 Å². The van der Waals surface area contributed by atoms with Crippen molar-refractivity contribution >= 4 is 57.0 Å². The van der Waals surface area contributed by atoms with E-state index >= 15 is 0 Å². The van der Waals surface area contributed by atoms with Gasteiger partial charge in [0.05, 0.1) is 5.56 Å². The van der Waals surface area contributed by atoms with Crippen LogP contribution in [0, 0.1) is 22.7 Å². The number of thiophene rings is 1. The van der Waals surface area contributed by atoms with Gasteiger partial charge in [0.15, 0.2) is 0 Å². The highest BCUT2D eigenvalue weighted by Crippen LogP contribution is 2.44. The molecule has 0 spiro atoms. The fourth-order valence-corrected chi connectivity index (χ4v) is 4.12. The summed E-state index contributed by atoms with van der Waals surface area (Å²) in [5, 5.41) is 12.5. The van der Waals surface area contributed by atoms with Gasteiger partial charge in [-0.1, -0.05) is 55.6 Å². The molecule has 0 aromatic carbocycles. The van der Waals surface area contributed by atoms with Gasteiger partial charge in [0, 0.05) is 4.88 Å². The van der Waals surface area contributed by atoms with Crippen molar-refractivity contribution in [2.45, 2.75) is 43.8 Å². The van der Waals surface area contributed by atoms with Gasteiger partial charge < -0.3 is 5.32 Å². The molecule has 3 nitrogen and oxygen atoms in total. The Hall–Kier alpha value is -0.470. The highest BCUT2D eigenvalue weighted by Gasteiger charge is 2.35. The second-order valence-electron chi connectivity index (χ2n) is 6.58. The van der Waals surface area contributed by atoms with E-state index in [0.29, 0.717) is 16.5 Å². The summed E-state index contributed by atoms with van der Waals surface area (Å²) in [6.45, 7) is 6.69. The third-order valence-corrected chi connectivity index (χ3v) is 5.77. The Morgan fingerprint density at radius 3 is 2.50 bits per heavy atom. The minimum atomic E-state index is -2.04. The van der Waals surface area contributed by atoms with Crippen LogP contribution in [0.4, 0.5) is 5.00 Å². The number of nitriles is 1. The van der Waals surface area contributed by atoms with E-state index in [2.05, 4.69) is 32.2 Å². The molecular formula is C15H17Cl3N2OS. The molecule has 1 aromatic heterocycles. The fourth-order valence-electron chi connectivity index (χ4n) is 2.71. The smallest absolute Gasteiger partial charge is 0.277 e. The van der Waals surface area contributed by atoms with Crippen molar-refractivity contribution in [3.63, 3.8) is 0 Å². The zero-order valence-electron chi connectivity index (χ0n) is 12.6. The van der Waals surface area contributed by atoms with Crippen molar-refractivity contribution in [2.75, 3.05) is 5.32 Å². The van der Waals surface area contributed by atoms with Crippen molar-refractivity contribution in [3.05, 3.63) is 16.0 Å². The molecular weight excluding hydrogens is 363 g/mol. The molecule has 22 heavy (non-hydrogen) atoms. The SMILES string of the molecule is CC(C)(C)C1CCc2c(sc(NC(=O)C(Cl)(Cl)Cl)c2C#N)C1. The molecule has 1 heterocycles. The molecule has 1 aliphatic rings. The summed E-state index contributed by atoms with van der Waals surface area (Å²) in [6, 6.07) is 2.18. The van der Waals surface area contributed by atoms with Crippen LogP contribution in [0.5, 0.6) is 0 Å². The normalized spacial score (nSPS) is 18.5. The van der Waals surface area contributed by atoms with Crippen LogP contribution in [0.1, 0.15) is 43.2 Å². The number of alkyl halides is 3. The molecule has 0 saturated heterocycles. The lowest BCUT2D eigenvalue weighted by atomic mass is 9.72. The van der Waals surface area contributed by atoms with Crippen LogP contribution < -0.4 is 5.32 Å². The van der Waals surface area contributed by atoms with E-state index in [1.54, 1.807) is 0 Å². The molecule has 120 valence electrons. The number of halogens is 3. The van der Waals surface area contributed by atoms with Gasteiger partial charge in [0.2, 0.25) is 0 Å². The van der Waals surface area contributed by atoms with Gasteiger partial charge in [-0.05, 0) is 36.2 Å². The summed E-state index contributed by atoms with van der Waals surface area (Å²) < 4.78 is -2.04. The molecule has 1 atom stereocenters. The Bertz CT molecular complexity index is 635. The first-order valence-corrected chi connectivity index (χ1v) is 8.92. The van der Waals surface area contributed by atoms with Crippen LogP contribution in [-0.2, 0) is 17.6 Å². The predicted molar refractivity (Wildman–Crippen MR) is 92.9 cm³/mol. The summed E-state index contributed by atoms with van der Waals surface area (Å²) in [5.74, 6) is -0.179. The molecule has 1 unspecified atom stereocenters. The first kappa shape index (κ1) is 17.9. The number of anilines is 1. The van der Waals surface area contributed by atoms with Gasteiger partial charge in [-0.25, -0.2) is 0 Å². The maximum atomic E-state index is 11.8. The maximum absolute atomic E-state index is 11.8. The van der Waals surface area contributed by atoms with Crippen molar-refractivity contribution in [1.29, 1.82) is 5.26 Å². The number of carbonyl (C=O) groups excluding carboxylic acids is 1. The van der Waals surface area contributed by atoms with E-state index in [1.165, 1.54) is 11.3 Å². The van der Waals surface area contributed by atoms with Gasteiger partial charge in [-0.2, -0.15) is 5.26 Å². The fraction of sp³-hybridized carbons (Fsp3) is 0.600. The van der Waals surface area contributed by atoms with Crippen LogP contribution >= 0.6 is 46.1 Å². The summed E-state index contributed by atoms with van der Waals surface area (Å²) in [5.41, 5.74) is 1.76. The number of carbonyl (C=O) groups is 1. The van der Waals surface area contributed by atoms with Crippen LogP contribution in [0.3, 0.4) is 0 Å². The number of nitrogens with zero attached hydrogens (tertiary/aromatic N) is 1. The molecule has 0 bridgehead atoms. The number of fused-ring (bicyclic) bond motifs is 1. The minimum Gasteiger partial charge on any atom is -0.313 e. The molecule has 0 aliphatic heterocycles. The Balaban J connectivity index is 2.31. The third kappa shape index (κ3) is 3.71. The zero-order chi connectivity index (χ0) is 16.7. The largest absolute Gasteiger partial charge is 0.313 e. The van der Waals surface area contributed by atoms with E-state index in [9.17, 15) is 10.1 Å². The number of amides is 1. The summed E-state index contributed by atoms with van der Waals surface area (Å²) in [6.07, 6.45) is 2.81. The van der Waals surface area contributed by atoms with Crippen LogP contribution in [0.25, 0.3) is 0 Å². The highest BCUT2D eigenvalue weighted by molar-refractivity contribution is 7.16. The Morgan fingerprint density at radius 1 is 1.36 bits per heavy atom. The van der Waals surface area contributed by atoms with Crippen LogP contribution in [0.2, 0.25) is 0 Å². The Morgan fingerprint density at radius 2 is 2.00 bits per heavy atom. The number of hydrogen-bond acceptors (Lipinski definition) is 3. The quantitative estimate of drug-likeness (QED) is 0.692. The molecule has 2 rings (SSSR count). The van der Waals surface area contributed by atoms with E-state index in [4.69, 9.17) is 34.8 Å². The third-order valence-electron chi connectivity index (χ3n) is 4.09. The molecule has 7 heteroatoms. The van der Waals surface area contributed by atoms with Crippen molar-refractivity contribution in [3.8, 4) is 6.07 Å². The van der Waals surface area contributed by atoms with Gasteiger partial charge in [0.1, 0.15) is 11.1 Å². The number of rotatable bonds is 1. The topological polar surface area (TPSA) is 52.9 Å². The lowest BCUT2D eigenvalue weighted by molar-refractivity contribution is -0.115. The van der Waals surface area contributed by atoms with Gasteiger partial charge in [-0.15, -0.1) is 11.3 Å². The Labute approximate surface area is 149 Å². The van der Waals surface area contributed by atoms with Gasteiger partial charge in [0.25, 0.3) is 9.70 Å². The highest BCUT2D eigenvalue weighted by atomic mass is 35.6. The lowest BCUT2D eigenvalue weighted by Gasteiger charge is -2.33. The monoisotopic (exact) mass is 378 g/mol. The summed E-state index contributed by atoms with van der Waals surface area (Å²) in [4.78, 5) is 13.0. The standard InChI is InChI=1S/C15H17Cl3N2OS/c1-14(2,3)8-4-5-9-10(7-19)12(22-11(9)6-8)20-13(21)15(16,17)18/h8H,4-6H2,1-3H3,(H,20,21). The summed E-state index contributed by atoms with van der Waals surface area (Å²) in [7, 11) is 0. The molecule has 0 fully saturated rings. The van der Waals surface area contributed by atoms with E-state index in [1.807, 2.05) is 0 Å². The van der Waals surface area contributed by atoms with Gasteiger partial charge in [-0.3, -0.25) is 4.79 Å². The van der Waals surface area contributed by atoms with Crippen molar-refractivity contribution in [1.82, 2.24) is 0 Å². The molecule has 1 N–H and O–H groups in total. The lowest BCUT2D eigenvalue weighted by Crippen LogP contribution is -2.27. The second-order valence-corrected chi connectivity index (χ2v) is 9.96. The number of nitrogens with one attached hydrogen (secondary N) is 1. The van der Waals surface area contributed by atoms with E-state index < -0.39 is 9.70 Å². The second kappa shape index (κ2) is 6.20. The molecule has 1 amide bonds. The molecule has 0 saturated carbocycles. The summed E-state index contributed by atoms with van der Waals surface area (Å²) >= 11 is 18.2. The zero-order valence-corrected chi connectivity index (χ0v) is 15.7. The van der Waals surface area contributed by atoms with E-state index in [0.717, 1.165) is 29.7 Å². The first-order chi connectivity index (χ1) is 10.0. The van der Waals surface area contributed by atoms with Gasteiger partial charge >= 0.3 is 0 Å². The van der Waals surface area contributed by atoms with Crippen LogP contribution in [-0.4, -0.2) is 9.70 Å². The maximum Gasteiger partial charge on any atom is 0.277 e. The molecule has 1 aliphatic carbocycles. The first-order valence-electron chi connectivity index (χ1n) is 6.97. The predicted octanol–water partition coefficient (Wildman–Crippen LogP) is 5.08. The Kier molecular flexibility index (Phi) is 5.04. The molecule has 1 aromatic rings. The van der Waals surface area contributed by atoms with Crippen molar-refractivity contribution < 1.29 is 4.79 Å². The average molecular weight is 380 g/mol. The minimum absolute atomic E-state index is 0.218. The number of hydrogen-bond donors (Lipinski definition) is 1. The average Bonchev–Trinajstić information content (AvgIpc) is 2.72. The van der Waals surface area contributed by atoms with E-state index in [-0.39, 0.29) is 5.41 Å².